The van der Waals surface area contributed by atoms with Crippen LogP contribution in [-0.2, 0) is 13.1 Å². The van der Waals surface area contributed by atoms with E-state index in [0.717, 1.165) is 51.3 Å². The van der Waals surface area contributed by atoms with Crippen LogP contribution in [0.15, 0.2) is 52.9 Å². The van der Waals surface area contributed by atoms with Crippen LogP contribution in [0.5, 0.6) is 11.5 Å². The number of furan rings is 1. The van der Waals surface area contributed by atoms with Crippen molar-refractivity contribution in [1.82, 2.24) is 5.32 Å². The average molecular weight is 356 g/mol. The first-order valence-electron chi connectivity index (χ1n) is 8.14. The second-order valence-corrected chi connectivity index (χ2v) is 6.38. The molecule has 1 N–H and O–H groups in total. The normalized spacial score (nSPS) is 12.6. The van der Waals surface area contributed by atoms with Crippen molar-refractivity contribution < 1.29 is 13.9 Å². The molecule has 3 aromatic rings. The van der Waals surface area contributed by atoms with Crippen molar-refractivity contribution in [3.05, 3.63) is 70.4 Å². The van der Waals surface area contributed by atoms with Crippen LogP contribution >= 0.6 is 11.6 Å². The summed E-state index contributed by atoms with van der Waals surface area (Å²) in [5.41, 5.74) is 3.19. The van der Waals surface area contributed by atoms with Gasteiger partial charge in [0.2, 0.25) is 6.79 Å². The molecule has 25 heavy (non-hydrogen) atoms. The minimum Gasteiger partial charge on any atom is -0.460 e. The van der Waals surface area contributed by atoms with Gasteiger partial charge in [0.25, 0.3) is 0 Å². The van der Waals surface area contributed by atoms with Crippen LogP contribution in [0, 0.1) is 6.92 Å². The topological polar surface area (TPSA) is 43.6 Å². The molecular formula is C20H18ClNO3. The first kappa shape index (κ1) is 16.1. The van der Waals surface area contributed by atoms with Gasteiger partial charge in [0.15, 0.2) is 11.5 Å². The van der Waals surface area contributed by atoms with Gasteiger partial charge in [0.1, 0.15) is 11.5 Å². The largest absolute Gasteiger partial charge is 0.460 e. The van der Waals surface area contributed by atoms with Gasteiger partial charge >= 0.3 is 0 Å². The Labute approximate surface area is 151 Å². The molecule has 4 nitrogen and oxygen atoms in total. The van der Waals surface area contributed by atoms with Gasteiger partial charge in [-0.25, -0.2) is 0 Å². The second-order valence-electron chi connectivity index (χ2n) is 5.97. The smallest absolute Gasteiger partial charge is 0.231 e. The van der Waals surface area contributed by atoms with E-state index in [1.165, 1.54) is 0 Å². The molecule has 0 bridgehead atoms. The van der Waals surface area contributed by atoms with Gasteiger partial charge in [-0.15, -0.1) is 0 Å². The number of hydrogen-bond acceptors (Lipinski definition) is 4. The maximum Gasteiger partial charge on any atom is 0.231 e. The highest BCUT2D eigenvalue weighted by molar-refractivity contribution is 6.31. The number of nitrogens with one attached hydrogen (secondary N) is 1. The van der Waals surface area contributed by atoms with Crippen molar-refractivity contribution in [3.63, 3.8) is 0 Å². The first-order chi connectivity index (χ1) is 12.2. The van der Waals surface area contributed by atoms with Gasteiger partial charge in [-0.2, -0.15) is 0 Å². The van der Waals surface area contributed by atoms with Crippen molar-refractivity contribution in [2.75, 3.05) is 6.79 Å². The zero-order valence-corrected chi connectivity index (χ0v) is 14.6. The van der Waals surface area contributed by atoms with E-state index in [1.54, 1.807) is 0 Å². The van der Waals surface area contributed by atoms with E-state index < -0.39 is 0 Å². The summed E-state index contributed by atoms with van der Waals surface area (Å²) in [6, 6.07) is 15.8. The molecule has 0 amide bonds. The first-order valence-corrected chi connectivity index (χ1v) is 8.52. The van der Waals surface area contributed by atoms with Crippen LogP contribution in [-0.4, -0.2) is 6.79 Å². The van der Waals surface area contributed by atoms with Crippen molar-refractivity contribution in [1.29, 1.82) is 0 Å². The molecule has 0 unspecified atom stereocenters. The minimum absolute atomic E-state index is 0.296. The van der Waals surface area contributed by atoms with Gasteiger partial charge in [0, 0.05) is 17.1 Å². The zero-order valence-electron chi connectivity index (χ0n) is 13.8. The van der Waals surface area contributed by atoms with Crippen LogP contribution in [0.4, 0.5) is 0 Å². The Morgan fingerprint density at radius 1 is 1.00 bits per heavy atom. The van der Waals surface area contributed by atoms with Crippen LogP contribution in [0.25, 0.3) is 11.3 Å². The lowest BCUT2D eigenvalue weighted by atomic mass is 10.1. The van der Waals surface area contributed by atoms with E-state index in [9.17, 15) is 0 Å². The van der Waals surface area contributed by atoms with Crippen LogP contribution < -0.4 is 14.8 Å². The van der Waals surface area contributed by atoms with Crippen molar-refractivity contribution in [2.45, 2.75) is 20.0 Å². The number of ether oxygens (including phenoxy) is 2. The molecule has 0 saturated heterocycles. The lowest BCUT2D eigenvalue weighted by Crippen LogP contribution is -2.11. The average Bonchev–Trinajstić information content (AvgIpc) is 3.26. The number of fused-ring (bicyclic) bond motifs is 1. The molecule has 1 aliphatic rings. The Kier molecular flexibility index (Phi) is 4.38. The standard InChI is InChI=1S/C20H18ClNO3/c1-13-16(3-2-4-17(13)21)18-8-6-15(25-18)11-22-10-14-5-7-19-20(9-14)24-12-23-19/h2-9,22H,10-12H2,1H3. The Hall–Kier alpha value is -2.43. The van der Waals surface area contributed by atoms with Crippen molar-refractivity contribution in [2.24, 2.45) is 0 Å². The highest BCUT2D eigenvalue weighted by Crippen LogP contribution is 2.32. The van der Waals surface area contributed by atoms with E-state index in [4.69, 9.17) is 25.5 Å². The van der Waals surface area contributed by atoms with E-state index in [2.05, 4.69) is 5.32 Å². The molecule has 0 spiro atoms. The van der Waals surface area contributed by atoms with Crippen LogP contribution in [0.3, 0.4) is 0 Å². The SMILES string of the molecule is Cc1c(Cl)cccc1-c1ccc(CNCc2ccc3c(c2)OCO3)o1. The Morgan fingerprint density at radius 2 is 1.88 bits per heavy atom. The molecule has 5 heteroatoms. The van der Waals surface area contributed by atoms with E-state index in [1.807, 2.05) is 55.5 Å². The Bertz CT molecular complexity index is 904. The lowest BCUT2D eigenvalue weighted by Gasteiger charge is -2.06. The Morgan fingerprint density at radius 3 is 2.80 bits per heavy atom. The molecule has 128 valence electrons. The fourth-order valence-corrected chi connectivity index (χ4v) is 3.05. The van der Waals surface area contributed by atoms with Gasteiger partial charge in [-0.3, -0.25) is 0 Å². The predicted octanol–water partition coefficient (Wildman–Crippen LogP) is 4.93. The van der Waals surface area contributed by atoms with Gasteiger partial charge < -0.3 is 19.2 Å². The third kappa shape index (κ3) is 3.36. The fourth-order valence-electron chi connectivity index (χ4n) is 2.87. The summed E-state index contributed by atoms with van der Waals surface area (Å²) >= 11 is 6.19. The van der Waals surface area contributed by atoms with E-state index in [-0.39, 0.29) is 0 Å². The summed E-state index contributed by atoms with van der Waals surface area (Å²) in [4.78, 5) is 0. The summed E-state index contributed by atoms with van der Waals surface area (Å²) in [5, 5.41) is 4.13. The molecule has 0 atom stereocenters. The monoisotopic (exact) mass is 355 g/mol. The van der Waals surface area contributed by atoms with Crippen LogP contribution in [0.2, 0.25) is 5.02 Å². The van der Waals surface area contributed by atoms with Crippen molar-refractivity contribution in [3.8, 4) is 22.8 Å². The second kappa shape index (κ2) is 6.82. The molecule has 0 fully saturated rings. The molecule has 1 aliphatic heterocycles. The number of hydrogen-bond donors (Lipinski definition) is 1. The third-order valence-corrected chi connectivity index (χ3v) is 4.67. The molecule has 0 radical (unpaired) electrons. The lowest BCUT2D eigenvalue weighted by molar-refractivity contribution is 0.174. The highest BCUT2D eigenvalue weighted by atomic mass is 35.5. The molecule has 1 aromatic heterocycles. The zero-order chi connectivity index (χ0) is 17.2. The molecule has 0 saturated carbocycles. The molecule has 4 rings (SSSR count). The molecule has 2 heterocycles. The Balaban J connectivity index is 1.39. The van der Waals surface area contributed by atoms with Gasteiger partial charge in [0.05, 0.1) is 6.54 Å². The summed E-state index contributed by atoms with van der Waals surface area (Å²) in [7, 11) is 0. The van der Waals surface area contributed by atoms with Gasteiger partial charge in [-0.05, 0) is 48.4 Å². The summed E-state index contributed by atoms with van der Waals surface area (Å²) in [6.07, 6.45) is 0. The number of benzene rings is 2. The van der Waals surface area contributed by atoms with E-state index >= 15 is 0 Å². The fraction of sp³-hybridized carbons (Fsp3) is 0.200. The van der Waals surface area contributed by atoms with Gasteiger partial charge in [-0.1, -0.05) is 29.8 Å². The predicted molar refractivity (Wildman–Crippen MR) is 97.0 cm³/mol. The third-order valence-electron chi connectivity index (χ3n) is 4.26. The highest BCUT2D eigenvalue weighted by Gasteiger charge is 2.13. The number of rotatable bonds is 5. The number of halogens is 1. The minimum atomic E-state index is 0.296. The summed E-state index contributed by atoms with van der Waals surface area (Å²) < 4.78 is 16.7. The molecule has 2 aromatic carbocycles. The summed E-state index contributed by atoms with van der Waals surface area (Å²) in [5.74, 6) is 3.32. The molecular weight excluding hydrogens is 338 g/mol. The van der Waals surface area contributed by atoms with Crippen LogP contribution in [0.1, 0.15) is 16.9 Å². The maximum atomic E-state index is 6.19. The quantitative estimate of drug-likeness (QED) is 0.705. The van der Waals surface area contributed by atoms with E-state index in [0.29, 0.717) is 13.3 Å². The maximum absolute atomic E-state index is 6.19. The van der Waals surface area contributed by atoms with Crippen molar-refractivity contribution >= 4 is 11.6 Å². The summed E-state index contributed by atoms with van der Waals surface area (Å²) in [6.45, 7) is 3.67. The molecule has 0 aliphatic carbocycles.